The molecule has 3 heteroatoms. The number of benzene rings is 2. The van der Waals surface area contributed by atoms with Crippen LogP contribution in [0.4, 0.5) is 0 Å². The number of imidazole rings is 1. The van der Waals surface area contributed by atoms with Crippen molar-refractivity contribution in [2.75, 3.05) is 0 Å². The van der Waals surface area contributed by atoms with Gasteiger partial charge in [-0.3, -0.25) is 4.98 Å². The van der Waals surface area contributed by atoms with E-state index in [1.165, 1.54) is 11.1 Å². The number of nitrogens with zero attached hydrogens (tertiary/aromatic N) is 2. The molecule has 2 aromatic carbocycles. The van der Waals surface area contributed by atoms with E-state index in [1.54, 1.807) is 0 Å². The van der Waals surface area contributed by atoms with Gasteiger partial charge in [0.1, 0.15) is 0 Å². The second-order valence-electron chi connectivity index (χ2n) is 5.97. The first-order chi connectivity index (χ1) is 11.8. The third-order valence-corrected chi connectivity index (χ3v) is 4.28. The summed E-state index contributed by atoms with van der Waals surface area (Å²) in [5.41, 5.74) is 4.54. The minimum absolute atomic E-state index is 0.437. The summed E-state index contributed by atoms with van der Waals surface area (Å²) in [6.45, 7) is 4.43. The van der Waals surface area contributed by atoms with Gasteiger partial charge >= 0.3 is 0 Å². The largest absolute Gasteiger partial charge is 0.340 e. The number of rotatable bonds is 6. The van der Waals surface area contributed by atoms with Gasteiger partial charge in [-0.1, -0.05) is 79.1 Å². The van der Waals surface area contributed by atoms with Gasteiger partial charge in [-0.05, 0) is 24.5 Å². The van der Waals surface area contributed by atoms with E-state index in [2.05, 4.69) is 91.5 Å². The van der Waals surface area contributed by atoms with Crippen molar-refractivity contribution in [2.45, 2.75) is 26.3 Å². The number of hydrogen-bond donors (Lipinski definition) is 0. The van der Waals surface area contributed by atoms with Crippen LogP contribution < -0.4 is 5.72 Å². The van der Waals surface area contributed by atoms with E-state index in [4.69, 9.17) is 0 Å². The molecule has 24 heavy (non-hydrogen) atoms. The van der Waals surface area contributed by atoms with Crippen molar-refractivity contribution in [2.24, 2.45) is 0 Å². The van der Waals surface area contributed by atoms with Crippen molar-refractivity contribution < 1.29 is 0 Å². The van der Waals surface area contributed by atoms with Crippen molar-refractivity contribution in [1.82, 2.24) is 9.55 Å². The molecule has 0 N–H and O–H groups in total. The average molecular weight is 313 g/mol. The fourth-order valence-electron chi connectivity index (χ4n) is 2.71. The van der Waals surface area contributed by atoms with E-state index < -0.39 is 0 Å². The van der Waals surface area contributed by atoms with E-state index in [0.717, 1.165) is 17.6 Å². The molecule has 0 bridgehead atoms. The molecule has 3 aromatic rings. The first kappa shape index (κ1) is 16.3. The van der Waals surface area contributed by atoms with Crippen molar-refractivity contribution in [3.63, 3.8) is 0 Å². The molecule has 1 heterocycles. The van der Waals surface area contributed by atoms with Gasteiger partial charge < -0.3 is 4.57 Å². The SMILES string of the molecule is CCC(C)n1ccnc1[B]C(=Cc1ccccc1)c1ccccc1. The Bertz CT molecular complexity index is 791. The molecule has 2 nitrogen and oxygen atoms in total. The number of hydrogen-bond acceptors (Lipinski definition) is 1. The lowest BCUT2D eigenvalue weighted by atomic mass is 9.65. The maximum Gasteiger partial charge on any atom is 0.241 e. The smallest absolute Gasteiger partial charge is 0.241 e. The van der Waals surface area contributed by atoms with Crippen LogP contribution in [0.15, 0.2) is 73.1 Å². The molecule has 1 atom stereocenters. The molecule has 0 amide bonds. The van der Waals surface area contributed by atoms with Crippen molar-refractivity contribution in [3.8, 4) is 0 Å². The van der Waals surface area contributed by atoms with E-state index in [1.807, 2.05) is 18.3 Å². The summed E-state index contributed by atoms with van der Waals surface area (Å²) in [7, 11) is 2.18. The molecule has 0 aliphatic rings. The van der Waals surface area contributed by atoms with Gasteiger partial charge in [0.15, 0.2) is 0 Å². The van der Waals surface area contributed by atoms with Gasteiger partial charge in [-0.25, -0.2) is 0 Å². The summed E-state index contributed by atoms with van der Waals surface area (Å²) in [5.74, 6) is 0. The second-order valence-corrected chi connectivity index (χ2v) is 5.97. The van der Waals surface area contributed by atoms with Crippen LogP contribution in [-0.4, -0.2) is 16.8 Å². The van der Waals surface area contributed by atoms with Crippen LogP contribution in [0.2, 0.25) is 0 Å². The summed E-state index contributed by atoms with van der Waals surface area (Å²) < 4.78 is 2.24. The van der Waals surface area contributed by atoms with Crippen molar-refractivity contribution in [3.05, 3.63) is 84.2 Å². The summed E-state index contributed by atoms with van der Waals surface area (Å²) in [4.78, 5) is 4.56. The summed E-state index contributed by atoms with van der Waals surface area (Å²) in [6.07, 6.45) is 7.24. The molecule has 0 saturated heterocycles. The quantitative estimate of drug-likeness (QED) is 0.488. The van der Waals surface area contributed by atoms with Crippen LogP contribution in [0, 0.1) is 0 Å². The fourth-order valence-corrected chi connectivity index (χ4v) is 2.71. The zero-order valence-electron chi connectivity index (χ0n) is 14.3. The first-order valence-corrected chi connectivity index (χ1v) is 8.47. The first-order valence-electron chi connectivity index (χ1n) is 8.47. The van der Waals surface area contributed by atoms with Crippen molar-refractivity contribution in [1.29, 1.82) is 0 Å². The lowest BCUT2D eigenvalue weighted by molar-refractivity contribution is 0.542. The van der Waals surface area contributed by atoms with Crippen LogP contribution in [-0.2, 0) is 0 Å². The lowest BCUT2D eigenvalue weighted by Gasteiger charge is -2.15. The molecule has 1 unspecified atom stereocenters. The summed E-state index contributed by atoms with van der Waals surface area (Å²) in [6, 6.07) is 21.3. The van der Waals surface area contributed by atoms with Crippen molar-refractivity contribution >= 4 is 24.6 Å². The molecule has 119 valence electrons. The molecule has 0 fully saturated rings. The third-order valence-electron chi connectivity index (χ3n) is 4.28. The van der Waals surface area contributed by atoms with E-state index in [0.29, 0.717) is 6.04 Å². The minimum Gasteiger partial charge on any atom is -0.340 e. The van der Waals surface area contributed by atoms with Crippen LogP contribution >= 0.6 is 0 Å². The van der Waals surface area contributed by atoms with Gasteiger partial charge in [0.2, 0.25) is 7.28 Å². The highest BCUT2D eigenvalue weighted by Gasteiger charge is 2.13. The summed E-state index contributed by atoms with van der Waals surface area (Å²) >= 11 is 0. The Labute approximate surface area is 145 Å². The Morgan fingerprint density at radius 1 is 1.08 bits per heavy atom. The maximum atomic E-state index is 4.56. The van der Waals surface area contributed by atoms with E-state index in [-0.39, 0.29) is 0 Å². The van der Waals surface area contributed by atoms with Gasteiger partial charge in [-0.15, -0.1) is 0 Å². The Balaban J connectivity index is 1.98. The Morgan fingerprint density at radius 3 is 2.42 bits per heavy atom. The highest BCUT2D eigenvalue weighted by molar-refractivity contribution is 6.73. The maximum absolute atomic E-state index is 4.56. The molecule has 0 saturated carbocycles. The molecular formula is C21H22BN2. The molecule has 3 rings (SSSR count). The zero-order chi connectivity index (χ0) is 16.8. The monoisotopic (exact) mass is 313 g/mol. The predicted molar refractivity (Wildman–Crippen MR) is 103 cm³/mol. The van der Waals surface area contributed by atoms with Crippen LogP contribution in [0.3, 0.4) is 0 Å². The molecule has 1 radical (unpaired) electrons. The Hall–Kier alpha value is -2.55. The molecule has 0 aliphatic carbocycles. The number of aromatic nitrogens is 2. The molecule has 1 aromatic heterocycles. The van der Waals surface area contributed by atoms with Gasteiger partial charge in [0, 0.05) is 18.4 Å². The van der Waals surface area contributed by atoms with E-state index in [9.17, 15) is 0 Å². The van der Waals surface area contributed by atoms with Gasteiger partial charge in [0.05, 0.1) is 5.72 Å². The van der Waals surface area contributed by atoms with Crippen LogP contribution in [0.5, 0.6) is 0 Å². The minimum atomic E-state index is 0.437. The van der Waals surface area contributed by atoms with E-state index >= 15 is 0 Å². The third kappa shape index (κ3) is 3.86. The average Bonchev–Trinajstić information content (AvgIpc) is 3.10. The Kier molecular flexibility index (Phi) is 5.32. The lowest BCUT2D eigenvalue weighted by Crippen LogP contribution is -2.29. The second kappa shape index (κ2) is 7.82. The Morgan fingerprint density at radius 2 is 1.75 bits per heavy atom. The molecule has 0 spiro atoms. The fraction of sp³-hybridized carbons (Fsp3) is 0.190. The predicted octanol–water partition coefficient (Wildman–Crippen LogP) is 4.38. The summed E-state index contributed by atoms with van der Waals surface area (Å²) in [5, 5.41) is 0. The topological polar surface area (TPSA) is 17.8 Å². The highest BCUT2D eigenvalue weighted by Crippen LogP contribution is 2.17. The van der Waals surface area contributed by atoms with Crippen LogP contribution in [0.25, 0.3) is 11.5 Å². The normalized spacial score (nSPS) is 12.8. The zero-order valence-corrected chi connectivity index (χ0v) is 14.3. The van der Waals surface area contributed by atoms with Gasteiger partial charge in [0.25, 0.3) is 0 Å². The standard InChI is InChI=1S/C21H22BN2/c1-3-17(2)24-15-14-23-21(24)22-20(19-12-8-5-9-13-19)16-18-10-6-4-7-11-18/h4-17H,3H2,1-2H3. The molecule has 0 aliphatic heterocycles. The van der Waals surface area contributed by atoms with Gasteiger partial charge in [-0.2, -0.15) is 0 Å². The molecular weight excluding hydrogens is 291 g/mol. The highest BCUT2D eigenvalue weighted by atomic mass is 15.1. The van der Waals surface area contributed by atoms with Crippen LogP contribution in [0.1, 0.15) is 37.4 Å².